The lowest BCUT2D eigenvalue weighted by molar-refractivity contribution is -0.652. The van der Waals surface area contributed by atoms with Crippen molar-refractivity contribution in [1.29, 1.82) is 0 Å². The molecule has 124 valence electrons. The molecule has 1 aromatic carbocycles. The maximum atomic E-state index is 6.27. The molecule has 1 unspecified atom stereocenters. The van der Waals surface area contributed by atoms with Crippen LogP contribution < -0.4 is 4.57 Å². The molecular formula is C17H22B10N+. The zero-order valence-electron chi connectivity index (χ0n) is 17.5. The van der Waals surface area contributed by atoms with E-state index in [-0.39, 0.29) is 13.0 Å². The molecule has 11 heteroatoms. The summed E-state index contributed by atoms with van der Waals surface area (Å²) in [6.45, 7) is 7.01. The van der Waals surface area contributed by atoms with Gasteiger partial charge in [0.1, 0.15) is 13.7 Å². The highest BCUT2D eigenvalue weighted by molar-refractivity contribution is 8.01. The van der Waals surface area contributed by atoms with Gasteiger partial charge in [0.05, 0.1) is 0 Å². The summed E-state index contributed by atoms with van der Waals surface area (Å²) in [5.74, 6) is 1.44. The minimum absolute atomic E-state index is 0.107. The van der Waals surface area contributed by atoms with Gasteiger partial charge in [-0.25, -0.2) is 0 Å². The molecule has 1 aliphatic heterocycles. The molecule has 0 saturated carbocycles. The fraction of sp³-hybridized carbons (Fsp3) is 0.471. The second-order valence-electron chi connectivity index (χ2n) is 9.08. The molecule has 1 aliphatic rings. The van der Waals surface area contributed by atoms with Crippen molar-refractivity contribution in [2.24, 2.45) is 13.0 Å². The molecule has 0 N–H and O–H groups in total. The molecule has 3 rings (SSSR count). The van der Waals surface area contributed by atoms with E-state index >= 15 is 0 Å². The highest BCUT2D eigenvalue weighted by Gasteiger charge is 2.59. The Morgan fingerprint density at radius 1 is 1.04 bits per heavy atom. The molecule has 28 heavy (non-hydrogen) atoms. The van der Waals surface area contributed by atoms with E-state index in [1.807, 2.05) is 0 Å². The van der Waals surface area contributed by atoms with Crippen LogP contribution in [0, 0.1) is 5.92 Å². The van der Waals surface area contributed by atoms with Crippen LogP contribution in [-0.2, 0) is 13.5 Å². The standard InChI is InChI=1S/C17H22B10N/c1-11(2)9-13-5-7-15-14(10-13)6-8-16(28(15)4)17-12(3)23(17)27(25(20)21)26(22)24(18)19/h5-8,10-12,17H,9H2,1-4H3/q+1/t12-,17?/m0/s1. The van der Waals surface area contributed by atoms with E-state index in [9.17, 15) is 0 Å². The number of pyridine rings is 1. The van der Waals surface area contributed by atoms with Crippen molar-refractivity contribution in [3.63, 3.8) is 0 Å². The maximum absolute atomic E-state index is 6.27. The van der Waals surface area contributed by atoms with Gasteiger partial charge in [-0.2, -0.15) is 4.57 Å². The molecule has 1 fully saturated rings. The van der Waals surface area contributed by atoms with E-state index in [1.165, 1.54) is 22.2 Å². The van der Waals surface area contributed by atoms with E-state index in [1.54, 1.807) is 0 Å². The molecular weight excluding hydrogens is 326 g/mol. The molecule has 1 nitrogen and oxygen atoms in total. The molecule has 0 bridgehead atoms. The summed E-state index contributed by atoms with van der Waals surface area (Å²) >= 11 is 0. The second-order valence-corrected chi connectivity index (χ2v) is 9.08. The van der Waals surface area contributed by atoms with Crippen molar-refractivity contribution in [2.45, 2.75) is 38.8 Å². The van der Waals surface area contributed by atoms with Gasteiger partial charge in [-0.15, -0.1) is 0 Å². The first-order valence-corrected chi connectivity index (χ1v) is 10.3. The Labute approximate surface area is 179 Å². The van der Waals surface area contributed by atoms with Crippen LogP contribution in [0.25, 0.3) is 10.9 Å². The van der Waals surface area contributed by atoms with Crippen molar-refractivity contribution in [2.75, 3.05) is 0 Å². The van der Waals surface area contributed by atoms with Gasteiger partial charge in [-0.1, -0.05) is 32.7 Å². The number of hydrogen-bond donors (Lipinski definition) is 0. The maximum Gasteiger partial charge on any atom is 0.212 e. The molecule has 2 aromatic rings. The van der Waals surface area contributed by atoms with Crippen molar-refractivity contribution in [3.05, 3.63) is 41.6 Å². The first kappa shape index (κ1) is 22.0. The Bertz CT molecular complexity index is 842. The molecule has 2 heterocycles. The molecule has 10 radical (unpaired) electrons. The molecule has 0 aliphatic carbocycles. The quantitative estimate of drug-likeness (QED) is 0.490. The predicted molar refractivity (Wildman–Crippen MR) is 133 cm³/mol. The van der Waals surface area contributed by atoms with Crippen LogP contribution in [-0.4, -0.2) is 70.8 Å². The number of aromatic nitrogens is 1. The Balaban J connectivity index is 1.92. The van der Waals surface area contributed by atoms with E-state index in [0.717, 1.165) is 6.42 Å². The van der Waals surface area contributed by atoms with Crippen molar-refractivity contribution in [3.8, 4) is 0 Å². The van der Waals surface area contributed by atoms with Gasteiger partial charge in [0, 0.05) is 87.6 Å². The van der Waals surface area contributed by atoms with Crippen LogP contribution in [0.1, 0.15) is 37.8 Å². The molecule has 0 spiro atoms. The van der Waals surface area contributed by atoms with Crippen molar-refractivity contribution in [1.82, 2.24) is 0 Å². The Morgan fingerprint density at radius 2 is 1.71 bits per heavy atom. The summed E-state index contributed by atoms with van der Waals surface area (Å²) in [5.41, 5.74) is 3.89. The molecule has 2 atom stereocenters. The number of aryl methyl sites for hydroxylation is 1. The summed E-state index contributed by atoms with van der Waals surface area (Å²) in [6, 6.07) is 11.2. The lowest BCUT2D eigenvalue weighted by Crippen LogP contribution is -2.64. The monoisotopic (exact) mass is 350 g/mol. The number of fused-ring (bicyclic) bond motifs is 1. The third-order valence-corrected chi connectivity index (χ3v) is 6.48. The molecule has 1 saturated heterocycles. The van der Waals surface area contributed by atoms with Gasteiger partial charge in [-0.05, 0) is 30.0 Å². The minimum Gasteiger partial charge on any atom is -0.199 e. The van der Waals surface area contributed by atoms with Gasteiger partial charge in [0.15, 0.2) is 5.69 Å². The average Bonchev–Trinajstić information content (AvgIpc) is 3.24. The van der Waals surface area contributed by atoms with Crippen LogP contribution >= 0.6 is 0 Å². The third kappa shape index (κ3) is 4.24. The highest BCUT2D eigenvalue weighted by Crippen LogP contribution is 2.51. The largest absolute Gasteiger partial charge is 0.212 e. The normalized spacial score (nSPS) is 18.4. The average molecular weight is 348 g/mol. The molecule has 1 aromatic heterocycles. The van der Waals surface area contributed by atoms with Crippen molar-refractivity contribution < 1.29 is 4.57 Å². The summed E-state index contributed by atoms with van der Waals surface area (Å²) < 4.78 is 2.29. The van der Waals surface area contributed by atoms with Crippen LogP contribution in [0.2, 0.25) is 5.82 Å². The number of benzene rings is 1. The number of hydrogen-bond acceptors (Lipinski definition) is 0. The van der Waals surface area contributed by atoms with Gasteiger partial charge >= 0.3 is 0 Å². The lowest BCUT2D eigenvalue weighted by Gasteiger charge is -2.25. The summed E-state index contributed by atoms with van der Waals surface area (Å²) in [6.07, 6.45) is -0.591. The van der Waals surface area contributed by atoms with Crippen LogP contribution in [0.5, 0.6) is 0 Å². The lowest BCUT2D eigenvalue weighted by atomic mass is 8.57. The highest BCUT2D eigenvalue weighted by atomic mass is 14.9. The topological polar surface area (TPSA) is 3.88 Å². The zero-order valence-corrected chi connectivity index (χ0v) is 17.5. The van der Waals surface area contributed by atoms with Crippen LogP contribution in [0.4, 0.5) is 0 Å². The fourth-order valence-electron chi connectivity index (χ4n) is 4.98. The SMILES string of the molecule is [B]B([B])B([B])B(B([B])[B])B1C(c2ccc3cc(CC(C)C)ccc3[n+]2C)[C@@H]1C. The van der Waals surface area contributed by atoms with Gasteiger partial charge in [0.25, 0.3) is 0 Å². The van der Waals surface area contributed by atoms with Crippen molar-refractivity contribution >= 4 is 81.7 Å². The summed E-state index contributed by atoms with van der Waals surface area (Å²) in [5, 5.41) is 1.27. The zero-order chi connectivity index (χ0) is 20.7. The smallest absolute Gasteiger partial charge is 0.199 e. The molecule has 0 amide bonds. The fourth-order valence-corrected chi connectivity index (χ4v) is 4.98. The van der Waals surface area contributed by atoms with E-state index in [4.69, 9.17) is 38.7 Å². The van der Waals surface area contributed by atoms with Gasteiger partial charge in [0.2, 0.25) is 5.52 Å². The summed E-state index contributed by atoms with van der Waals surface area (Å²) in [7, 11) is 32.3. The first-order chi connectivity index (χ1) is 13.1. The van der Waals surface area contributed by atoms with Crippen LogP contribution in [0.15, 0.2) is 30.3 Å². The first-order valence-electron chi connectivity index (χ1n) is 10.3. The van der Waals surface area contributed by atoms with Gasteiger partial charge in [-0.3, -0.25) is 0 Å². The number of nitrogens with zero attached hydrogens (tertiary/aromatic N) is 1. The number of rotatable bonds is 7. The second kappa shape index (κ2) is 8.57. The summed E-state index contributed by atoms with van der Waals surface area (Å²) in [4.78, 5) is 0. The minimum atomic E-state index is -0.627. The van der Waals surface area contributed by atoms with E-state index in [2.05, 4.69) is 62.7 Å². The van der Waals surface area contributed by atoms with E-state index in [0.29, 0.717) is 17.6 Å². The van der Waals surface area contributed by atoms with E-state index < -0.39 is 19.2 Å². The Hall–Kier alpha value is -0.721. The predicted octanol–water partition coefficient (Wildman–Crippen LogP) is 0.00290. The third-order valence-electron chi connectivity index (χ3n) is 6.48. The van der Waals surface area contributed by atoms with Crippen LogP contribution in [0.3, 0.4) is 0 Å². The Kier molecular flexibility index (Phi) is 6.72. The van der Waals surface area contributed by atoms with Gasteiger partial charge < -0.3 is 0 Å². The Morgan fingerprint density at radius 3 is 2.29 bits per heavy atom.